The highest BCUT2D eigenvalue weighted by Gasteiger charge is 2.70. The third-order valence-corrected chi connectivity index (χ3v) is 7.36. The van der Waals surface area contributed by atoms with Crippen molar-refractivity contribution >= 4 is 46.8 Å². The summed E-state index contributed by atoms with van der Waals surface area (Å²) in [6.45, 7) is 3.84. The Balaban J connectivity index is 1.86. The van der Waals surface area contributed by atoms with Crippen LogP contribution in [0.15, 0.2) is 18.2 Å². The van der Waals surface area contributed by atoms with Gasteiger partial charge in [0.15, 0.2) is 0 Å². The van der Waals surface area contributed by atoms with Gasteiger partial charge in [0.05, 0.1) is 22.5 Å². The second-order valence-corrected chi connectivity index (χ2v) is 9.16. The molecule has 4 rings (SSSR count). The van der Waals surface area contributed by atoms with Crippen LogP contribution in [0.25, 0.3) is 0 Å². The number of para-hydroxylation sites is 1. The minimum absolute atomic E-state index is 0.164. The van der Waals surface area contributed by atoms with Gasteiger partial charge in [-0.3, -0.25) is 24.6 Å². The highest BCUT2D eigenvalue weighted by atomic mass is 35.5. The monoisotopic (exact) mass is 421 g/mol. The van der Waals surface area contributed by atoms with Crippen molar-refractivity contribution in [3.05, 3.63) is 28.8 Å². The molecule has 3 aliphatic rings. The molecule has 28 heavy (non-hydrogen) atoms. The molecule has 1 spiro atoms. The van der Waals surface area contributed by atoms with E-state index in [1.165, 1.54) is 4.90 Å². The molecule has 2 fully saturated rings. The van der Waals surface area contributed by atoms with E-state index in [0.29, 0.717) is 29.1 Å². The van der Waals surface area contributed by atoms with Crippen LogP contribution in [0.2, 0.25) is 5.02 Å². The lowest BCUT2D eigenvalue weighted by atomic mass is 9.76. The van der Waals surface area contributed by atoms with Gasteiger partial charge in [-0.1, -0.05) is 30.7 Å². The molecule has 3 heterocycles. The van der Waals surface area contributed by atoms with Gasteiger partial charge >= 0.3 is 0 Å². The van der Waals surface area contributed by atoms with Gasteiger partial charge in [-0.25, -0.2) is 0 Å². The Labute approximate surface area is 173 Å². The van der Waals surface area contributed by atoms with Gasteiger partial charge in [-0.05, 0) is 37.8 Å². The molecule has 0 bridgehead atoms. The molecular formula is C20H24ClN3O3S. The summed E-state index contributed by atoms with van der Waals surface area (Å²) in [5, 5.41) is 6.72. The lowest BCUT2D eigenvalue weighted by molar-refractivity contribution is -0.145. The summed E-state index contributed by atoms with van der Waals surface area (Å²) < 4.78 is 0. The standard InChI is InChI=1S/C20H24ClN3O3S/c1-4-10(2)24-17(25)14-13(8-9-28-3)23-20(15(14)18(24)26)11-6-5-7-12(21)16(11)22-19(20)27/h5-7,10,13-15,23H,4,8-9H2,1-3H3,(H,22,27)/t10-,13+,14+,15+,20-/m1/s1. The van der Waals surface area contributed by atoms with Crippen LogP contribution in [0.4, 0.5) is 5.69 Å². The lowest BCUT2D eigenvalue weighted by Crippen LogP contribution is -2.54. The number of imide groups is 1. The number of rotatable bonds is 5. The van der Waals surface area contributed by atoms with E-state index >= 15 is 0 Å². The van der Waals surface area contributed by atoms with E-state index in [1.807, 2.05) is 26.2 Å². The van der Waals surface area contributed by atoms with Crippen molar-refractivity contribution in [2.75, 3.05) is 17.3 Å². The number of nitrogens with one attached hydrogen (secondary N) is 2. The molecule has 0 aliphatic carbocycles. The summed E-state index contributed by atoms with van der Waals surface area (Å²) in [5.74, 6) is -1.17. The van der Waals surface area contributed by atoms with Crippen LogP contribution in [0, 0.1) is 11.8 Å². The maximum atomic E-state index is 13.5. The molecule has 0 radical (unpaired) electrons. The second kappa shape index (κ2) is 7.04. The summed E-state index contributed by atoms with van der Waals surface area (Å²) >= 11 is 8.00. The van der Waals surface area contributed by atoms with Crippen LogP contribution >= 0.6 is 23.4 Å². The van der Waals surface area contributed by atoms with Crippen LogP contribution in [0.3, 0.4) is 0 Å². The molecule has 0 aromatic heterocycles. The van der Waals surface area contributed by atoms with Gasteiger partial charge < -0.3 is 5.32 Å². The quantitative estimate of drug-likeness (QED) is 0.714. The van der Waals surface area contributed by atoms with Crippen molar-refractivity contribution in [3.8, 4) is 0 Å². The minimum atomic E-state index is -1.25. The number of anilines is 1. The van der Waals surface area contributed by atoms with Gasteiger partial charge in [0, 0.05) is 17.6 Å². The largest absolute Gasteiger partial charge is 0.323 e. The molecule has 5 atom stereocenters. The first-order valence-corrected chi connectivity index (χ1v) is 11.4. The first kappa shape index (κ1) is 19.7. The Bertz CT molecular complexity index is 863. The average Bonchev–Trinajstić information content (AvgIpc) is 3.26. The number of amides is 3. The SMILES string of the molecule is CC[C@@H](C)N1C(=O)[C@H]2[C@H](CCSC)N[C@@]3(C(=O)Nc4c(Cl)cccc43)[C@@H]2C1=O. The smallest absolute Gasteiger partial charge is 0.250 e. The number of carbonyl (C=O) groups excluding carboxylic acids is 3. The van der Waals surface area contributed by atoms with E-state index in [1.54, 1.807) is 23.9 Å². The Hall–Kier alpha value is -1.57. The molecule has 0 saturated carbocycles. The van der Waals surface area contributed by atoms with E-state index in [2.05, 4.69) is 10.6 Å². The number of fused-ring (bicyclic) bond motifs is 4. The molecule has 6 nitrogen and oxygen atoms in total. The number of halogens is 1. The maximum Gasteiger partial charge on any atom is 0.250 e. The van der Waals surface area contributed by atoms with Gasteiger partial charge in [-0.2, -0.15) is 11.8 Å². The Morgan fingerprint density at radius 1 is 1.29 bits per heavy atom. The van der Waals surface area contributed by atoms with Gasteiger partial charge in [0.1, 0.15) is 5.54 Å². The van der Waals surface area contributed by atoms with E-state index in [4.69, 9.17) is 11.6 Å². The van der Waals surface area contributed by atoms with Crippen LogP contribution in [0.5, 0.6) is 0 Å². The lowest BCUT2D eigenvalue weighted by Gasteiger charge is -2.31. The zero-order valence-corrected chi connectivity index (χ0v) is 17.7. The van der Waals surface area contributed by atoms with Crippen LogP contribution in [-0.4, -0.2) is 46.7 Å². The normalized spacial score (nSPS) is 32.1. The molecule has 150 valence electrons. The zero-order chi connectivity index (χ0) is 20.2. The number of carbonyl (C=O) groups is 3. The summed E-state index contributed by atoms with van der Waals surface area (Å²) in [6.07, 6.45) is 3.40. The summed E-state index contributed by atoms with van der Waals surface area (Å²) in [6, 6.07) is 4.89. The number of benzene rings is 1. The first-order valence-electron chi connectivity index (χ1n) is 9.62. The third kappa shape index (κ3) is 2.49. The molecule has 2 N–H and O–H groups in total. The van der Waals surface area contributed by atoms with E-state index in [0.717, 1.165) is 5.75 Å². The Morgan fingerprint density at radius 2 is 2.04 bits per heavy atom. The zero-order valence-electron chi connectivity index (χ0n) is 16.1. The summed E-state index contributed by atoms with van der Waals surface area (Å²) in [4.78, 5) is 41.4. The molecular weight excluding hydrogens is 398 g/mol. The van der Waals surface area contributed by atoms with Gasteiger partial charge in [0.2, 0.25) is 17.7 Å². The summed E-state index contributed by atoms with van der Waals surface area (Å²) in [5.41, 5.74) is -0.0462. The fourth-order valence-electron chi connectivity index (χ4n) is 4.93. The second-order valence-electron chi connectivity index (χ2n) is 7.76. The topological polar surface area (TPSA) is 78.5 Å². The van der Waals surface area contributed by atoms with Crippen molar-refractivity contribution in [2.24, 2.45) is 11.8 Å². The van der Waals surface area contributed by atoms with Crippen molar-refractivity contribution in [1.82, 2.24) is 10.2 Å². The van der Waals surface area contributed by atoms with Crippen molar-refractivity contribution < 1.29 is 14.4 Å². The molecule has 0 unspecified atom stereocenters. The molecule has 2 saturated heterocycles. The first-order chi connectivity index (χ1) is 13.4. The van der Waals surface area contributed by atoms with E-state index < -0.39 is 17.4 Å². The van der Waals surface area contributed by atoms with E-state index in [-0.39, 0.29) is 29.8 Å². The fraction of sp³-hybridized carbons (Fsp3) is 0.550. The van der Waals surface area contributed by atoms with Gasteiger partial charge in [-0.15, -0.1) is 0 Å². The number of thioether (sulfide) groups is 1. The average molecular weight is 422 g/mol. The van der Waals surface area contributed by atoms with Crippen molar-refractivity contribution in [2.45, 2.75) is 44.3 Å². The molecule has 1 aromatic rings. The fourth-order valence-corrected chi connectivity index (χ4v) is 5.64. The maximum absolute atomic E-state index is 13.5. The summed E-state index contributed by atoms with van der Waals surface area (Å²) in [7, 11) is 0. The molecule has 3 aliphatic heterocycles. The Morgan fingerprint density at radius 3 is 2.71 bits per heavy atom. The predicted octanol–water partition coefficient (Wildman–Crippen LogP) is 2.61. The van der Waals surface area contributed by atoms with E-state index in [9.17, 15) is 14.4 Å². The molecule has 1 aromatic carbocycles. The number of nitrogens with zero attached hydrogens (tertiary/aromatic N) is 1. The van der Waals surface area contributed by atoms with Crippen LogP contribution in [-0.2, 0) is 19.9 Å². The van der Waals surface area contributed by atoms with Crippen LogP contribution in [0.1, 0.15) is 32.3 Å². The van der Waals surface area contributed by atoms with Crippen molar-refractivity contribution in [1.29, 1.82) is 0 Å². The highest BCUT2D eigenvalue weighted by Crippen LogP contribution is 2.54. The number of hydrogen-bond donors (Lipinski definition) is 2. The Kier molecular flexibility index (Phi) is 4.96. The highest BCUT2D eigenvalue weighted by molar-refractivity contribution is 7.98. The molecule has 3 amide bonds. The predicted molar refractivity (Wildman–Crippen MR) is 110 cm³/mol. The van der Waals surface area contributed by atoms with Crippen molar-refractivity contribution in [3.63, 3.8) is 0 Å². The third-order valence-electron chi connectivity index (χ3n) is 6.40. The number of likely N-dealkylation sites (tertiary alicyclic amines) is 1. The number of hydrogen-bond acceptors (Lipinski definition) is 5. The van der Waals surface area contributed by atoms with Crippen LogP contribution < -0.4 is 10.6 Å². The van der Waals surface area contributed by atoms with Gasteiger partial charge in [0.25, 0.3) is 0 Å². The minimum Gasteiger partial charge on any atom is -0.323 e. The molecule has 8 heteroatoms.